The minimum absolute atomic E-state index is 0.333. The van der Waals surface area contributed by atoms with Crippen molar-refractivity contribution in [1.29, 1.82) is 0 Å². The summed E-state index contributed by atoms with van der Waals surface area (Å²) in [5.41, 5.74) is 4.46. The van der Waals surface area contributed by atoms with Gasteiger partial charge in [0, 0.05) is 22.9 Å². The second-order valence-electron chi connectivity index (χ2n) is 7.68. The number of carbonyl (C=O) groups is 1. The average Bonchev–Trinajstić information content (AvgIpc) is 3.35. The first kappa shape index (κ1) is 21.2. The molecule has 0 aliphatic heterocycles. The van der Waals surface area contributed by atoms with Gasteiger partial charge < -0.3 is 0 Å². The molecule has 4 aromatic carbocycles. The van der Waals surface area contributed by atoms with Gasteiger partial charge in [0.1, 0.15) is 11.5 Å². The van der Waals surface area contributed by atoms with Gasteiger partial charge in [-0.3, -0.25) is 4.79 Å². The van der Waals surface area contributed by atoms with E-state index in [1.165, 1.54) is 12.1 Å². The van der Waals surface area contributed by atoms with Crippen LogP contribution in [0.3, 0.4) is 0 Å². The molecule has 1 amide bonds. The average molecular weight is 445 g/mol. The molecular formula is C29H20FN3O. The number of aliphatic imine (C=N–C) groups is 1. The number of benzene rings is 4. The van der Waals surface area contributed by atoms with Gasteiger partial charge in [-0.2, -0.15) is 5.10 Å². The molecular weight excluding hydrogens is 425 g/mol. The van der Waals surface area contributed by atoms with Gasteiger partial charge in [0.05, 0.1) is 17.0 Å². The van der Waals surface area contributed by atoms with E-state index < -0.39 is 5.91 Å². The predicted molar refractivity (Wildman–Crippen MR) is 132 cm³/mol. The first-order valence-electron chi connectivity index (χ1n) is 10.8. The van der Waals surface area contributed by atoms with Gasteiger partial charge >= 0.3 is 0 Å². The van der Waals surface area contributed by atoms with Crippen LogP contribution in [0.1, 0.15) is 21.5 Å². The lowest BCUT2D eigenvalue weighted by Gasteiger charge is -2.07. The lowest BCUT2D eigenvalue weighted by atomic mass is 10.0. The summed E-state index contributed by atoms with van der Waals surface area (Å²) in [5, 5.41) is 4.66. The van der Waals surface area contributed by atoms with Crippen molar-refractivity contribution in [3.05, 3.63) is 144 Å². The van der Waals surface area contributed by atoms with E-state index in [4.69, 9.17) is 0 Å². The van der Waals surface area contributed by atoms with E-state index in [0.29, 0.717) is 22.5 Å². The van der Waals surface area contributed by atoms with Gasteiger partial charge in [0.15, 0.2) is 0 Å². The molecule has 5 aromatic rings. The normalized spacial score (nSPS) is 10.6. The van der Waals surface area contributed by atoms with Crippen LogP contribution in [-0.2, 0) is 0 Å². The smallest absolute Gasteiger partial charge is 0.267 e. The second kappa shape index (κ2) is 9.46. The molecule has 1 aromatic heterocycles. The van der Waals surface area contributed by atoms with Crippen molar-refractivity contribution in [2.45, 2.75) is 0 Å². The van der Waals surface area contributed by atoms with Crippen LogP contribution in [0.25, 0.3) is 16.9 Å². The van der Waals surface area contributed by atoms with Gasteiger partial charge in [-0.25, -0.2) is 14.1 Å². The fraction of sp³-hybridized carbons (Fsp3) is 0. The number of rotatable bonds is 5. The standard InChI is InChI=1S/C29H20FN3O/c30-24-18-16-23(17-19-24)28-26(20-33(32-28)25-14-8-3-9-15-25)29(34)31-27(21-10-4-1-5-11-21)22-12-6-2-7-13-22/h1-20H. The molecule has 1 heterocycles. The topological polar surface area (TPSA) is 47.2 Å². The molecule has 4 nitrogen and oxygen atoms in total. The van der Waals surface area contributed by atoms with Crippen LogP contribution >= 0.6 is 0 Å². The summed E-state index contributed by atoms with van der Waals surface area (Å²) in [7, 11) is 0. The quantitative estimate of drug-likeness (QED) is 0.296. The summed E-state index contributed by atoms with van der Waals surface area (Å²) in [6.07, 6.45) is 1.67. The Morgan fingerprint density at radius 1 is 0.706 bits per heavy atom. The number of halogens is 1. The molecule has 5 heteroatoms. The van der Waals surface area contributed by atoms with Crippen LogP contribution in [-0.4, -0.2) is 21.4 Å². The minimum atomic E-state index is -0.427. The van der Waals surface area contributed by atoms with Gasteiger partial charge in [0.25, 0.3) is 5.91 Å². The van der Waals surface area contributed by atoms with Crippen molar-refractivity contribution in [1.82, 2.24) is 9.78 Å². The Kier molecular flexibility index (Phi) is 5.91. The summed E-state index contributed by atoms with van der Waals surface area (Å²) in [5.74, 6) is -0.781. The Labute approximate surface area is 196 Å². The van der Waals surface area contributed by atoms with E-state index in [-0.39, 0.29) is 5.82 Å². The summed E-state index contributed by atoms with van der Waals surface area (Å²) in [4.78, 5) is 18.1. The van der Waals surface area contributed by atoms with Crippen molar-refractivity contribution in [3.63, 3.8) is 0 Å². The van der Waals surface area contributed by atoms with Crippen molar-refractivity contribution >= 4 is 11.6 Å². The molecule has 0 aliphatic carbocycles. The lowest BCUT2D eigenvalue weighted by molar-refractivity contribution is 0.100. The van der Waals surface area contributed by atoms with E-state index in [1.807, 2.05) is 91.0 Å². The highest BCUT2D eigenvalue weighted by Gasteiger charge is 2.20. The largest absolute Gasteiger partial charge is 0.281 e. The molecule has 0 N–H and O–H groups in total. The zero-order valence-corrected chi connectivity index (χ0v) is 18.2. The SMILES string of the molecule is O=C(N=C(c1ccccc1)c1ccccc1)c1cn(-c2ccccc2)nc1-c1ccc(F)cc1. The number of para-hydroxylation sites is 1. The molecule has 0 saturated carbocycles. The Balaban J connectivity index is 1.65. The van der Waals surface area contributed by atoms with Crippen molar-refractivity contribution in [2.75, 3.05) is 0 Å². The Hall–Kier alpha value is -4.64. The molecule has 0 spiro atoms. The summed E-state index contributed by atoms with van der Waals surface area (Å²) in [6.45, 7) is 0. The van der Waals surface area contributed by atoms with E-state index in [0.717, 1.165) is 16.8 Å². The zero-order chi connectivity index (χ0) is 23.3. The number of hydrogen-bond donors (Lipinski definition) is 0. The van der Waals surface area contributed by atoms with E-state index >= 15 is 0 Å². The molecule has 0 unspecified atom stereocenters. The molecule has 0 bridgehead atoms. The van der Waals surface area contributed by atoms with Crippen molar-refractivity contribution in [3.8, 4) is 16.9 Å². The van der Waals surface area contributed by atoms with Crippen LogP contribution in [0, 0.1) is 5.82 Å². The van der Waals surface area contributed by atoms with E-state index in [9.17, 15) is 9.18 Å². The number of aromatic nitrogens is 2. The van der Waals surface area contributed by atoms with Crippen molar-refractivity contribution in [2.24, 2.45) is 4.99 Å². The first-order chi connectivity index (χ1) is 16.7. The summed E-state index contributed by atoms with van der Waals surface area (Å²) in [6, 6.07) is 34.6. The molecule has 164 valence electrons. The molecule has 0 saturated heterocycles. The minimum Gasteiger partial charge on any atom is -0.267 e. The second-order valence-corrected chi connectivity index (χ2v) is 7.68. The van der Waals surface area contributed by atoms with Crippen LogP contribution < -0.4 is 0 Å². The maximum absolute atomic E-state index is 13.6. The number of nitrogens with zero attached hydrogens (tertiary/aromatic N) is 3. The third kappa shape index (κ3) is 4.45. The van der Waals surface area contributed by atoms with Crippen LogP contribution in [0.15, 0.2) is 126 Å². The number of amides is 1. The number of hydrogen-bond acceptors (Lipinski definition) is 2. The third-order valence-corrected chi connectivity index (χ3v) is 5.39. The fourth-order valence-electron chi connectivity index (χ4n) is 3.71. The summed E-state index contributed by atoms with van der Waals surface area (Å²) >= 11 is 0. The molecule has 0 atom stereocenters. The maximum atomic E-state index is 13.6. The van der Waals surface area contributed by atoms with Gasteiger partial charge in [-0.05, 0) is 36.4 Å². The molecule has 5 rings (SSSR count). The Bertz CT molecular complexity index is 1400. The van der Waals surface area contributed by atoms with Gasteiger partial charge in [-0.1, -0.05) is 78.9 Å². The molecule has 34 heavy (non-hydrogen) atoms. The first-order valence-corrected chi connectivity index (χ1v) is 10.8. The van der Waals surface area contributed by atoms with Crippen LogP contribution in [0.5, 0.6) is 0 Å². The Morgan fingerprint density at radius 2 is 1.24 bits per heavy atom. The highest BCUT2D eigenvalue weighted by Crippen LogP contribution is 2.25. The molecule has 0 radical (unpaired) electrons. The van der Waals surface area contributed by atoms with E-state index in [2.05, 4.69) is 10.1 Å². The Morgan fingerprint density at radius 3 is 1.79 bits per heavy atom. The molecule has 0 fully saturated rings. The van der Waals surface area contributed by atoms with Gasteiger partial charge in [-0.15, -0.1) is 0 Å². The van der Waals surface area contributed by atoms with E-state index in [1.54, 1.807) is 23.0 Å². The van der Waals surface area contributed by atoms with Crippen LogP contribution in [0.2, 0.25) is 0 Å². The monoisotopic (exact) mass is 445 g/mol. The lowest BCUT2D eigenvalue weighted by Crippen LogP contribution is -2.08. The highest BCUT2D eigenvalue weighted by molar-refractivity contribution is 6.19. The predicted octanol–water partition coefficient (Wildman–Crippen LogP) is 6.36. The van der Waals surface area contributed by atoms with Crippen molar-refractivity contribution < 1.29 is 9.18 Å². The highest BCUT2D eigenvalue weighted by atomic mass is 19.1. The zero-order valence-electron chi connectivity index (χ0n) is 18.2. The fourth-order valence-corrected chi connectivity index (χ4v) is 3.71. The maximum Gasteiger partial charge on any atom is 0.281 e. The molecule has 0 aliphatic rings. The summed E-state index contributed by atoms with van der Waals surface area (Å²) < 4.78 is 15.2. The number of carbonyl (C=O) groups excluding carboxylic acids is 1. The van der Waals surface area contributed by atoms with Gasteiger partial charge in [0.2, 0.25) is 0 Å². The third-order valence-electron chi connectivity index (χ3n) is 5.39. The van der Waals surface area contributed by atoms with Crippen LogP contribution in [0.4, 0.5) is 4.39 Å².